The molecule has 0 atom stereocenters. The fourth-order valence-corrected chi connectivity index (χ4v) is 4.17. The van der Waals surface area contributed by atoms with Crippen LogP contribution in [0.1, 0.15) is 15.2 Å². The van der Waals surface area contributed by atoms with E-state index in [0.717, 1.165) is 11.3 Å². The molecule has 112 valence electrons. The second-order valence-corrected chi connectivity index (χ2v) is 9.14. The molecule has 1 aromatic carbocycles. The van der Waals surface area contributed by atoms with E-state index >= 15 is 0 Å². The second kappa shape index (κ2) is 6.66. The van der Waals surface area contributed by atoms with E-state index in [2.05, 4.69) is 21.2 Å². The molecule has 0 unspecified atom stereocenters. The Bertz CT molecular complexity index is 790. The number of benzene rings is 1. The summed E-state index contributed by atoms with van der Waals surface area (Å²) in [5, 5.41) is 3.00. The van der Waals surface area contributed by atoms with E-state index in [9.17, 15) is 13.2 Å². The van der Waals surface area contributed by atoms with Gasteiger partial charge in [0.25, 0.3) is 15.0 Å². The van der Waals surface area contributed by atoms with Crippen molar-refractivity contribution < 1.29 is 13.2 Å². The van der Waals surface area contributed by atoms with E-state index in [-0.39, 0.29) is 16.7 Å². The fourth-order valence-electron chi connectivity index (χ4n) is 1.53. The summed E-state index contributed by atoms with van der Waals surface area (Å²) in [7, 11) is 1.51. The van der Waals surface area contributed by atoms with Crippen LogP contribution in [0.25, 0.3) is 0 Å². The third-order valence-corrected chi connectivity index (χ3v) is 6.97. The highest BCUT2D eigenvalue weighted by atomic mass is 79.9. The zero-order chi connectivity index (χ0) is 15.6. The van der Waals surface area contributed by atoms with E-state index in [1.807, 2.05) is 0 Å². The minimum atomic E-state index is -3.73. The van der Waals surface area contributed by atoms with Crippen LogP contribution in [-0.2, 0) is 15.6 Å². The molecule has 4 nitrogen and oxygen atoms in total. The Hall–Kier alpha value is -0.600. The summed E-state index contributed by atoms with van der Waals surface area (Å²) in [4.78, 5) is 12.7. The molecule has 0 aliphatic rings. The monoisotopic (exact) mass is 427 g/mol. The molecular formula is C12H8BrCl2NO3S2. The minimum Gasteiger partial charge on any atom is -0.347 e. The zero-order valence-electron chi connectivity index (χ0n) is 10.3. The van der Waals surface area contributed by atoms with E-state index in [1.54, 1.807) is 24.3 Å². The molecule has 2 aromatic rings. The van der Waals surface area contributed by atoms with Crippen molar-refractivity contribution in [3.05, 3.63) is 50.3 Å². The lowest BCUT2D eigenvalue weighted by Gasteiger charge is -2.06. The van der Waals surface area contributed by atoms with Crippen molar-refractivity contribution >= 4 is 64.5 Å². The molecule has 1 amide bonds. The second-order valence-electron chi connectivity index (χ2n) is 3.94. The van der Waals surface area contributed by atoms with Crippen LogP contribution in [-0.4, -0.2) is 14.3 Å². The van der Waals surface area contributed by atoms with Crippen molar-refractivity contribution in [1.29, 1.82) is 0 Å². The smallest absolute Gasteiger partial charge is 0.270 e. The van der Waals surface area contributed by atoms with Gasteiger partial charge in [0.05, 0.1) is 17.1 Å². The zero-order valence-corrected chi connectivity index (χ0v) is 15.0. The molecule has 1 aromatic heterocycles. The Morgan fingerprint density at radius 2 is 2.00 bits per heavy atom. The normalized spacial score (nSPS) is 11.4. The van der Waals surface area contributed by atoms with Gasteiger partial charge in [0, 0.05) is 20.0 Å². The van der Waals surface area contributed by atoms with Crippen LogP contribution >= 0.6 is 49.6 Å². The molecule has 21 heavy (non-hydrogen) atoms. The summed E-state index contributed by atoms with van der Waals surface area (Å²) >= 11 is 10.3. The first kappa shape index (κ1) is 16.8. The third-order valence-electron chi connectivity index (χ3n) is 2.50. The first-order chi connectivity index (χ1) is 9.79. The Balaban J connectivity index is 2.08. The van der Waals surface area contributed by atoms with Crippen LogP contribution in [0.4, 0.5) is 0 Å². The summed E-state index contributed by atoms with van der Waals surface area (Å²) in [6, 6.07) is 8.04. The molecular weight excluding hydrogens is 421 g/mol. The van der Waals surface area contributed by atoms with E-state index in [1.165, 1.54) is 6.07 Å². The summed E-state index contributed by atoms with van der Waals surface area (Å²) in [6.07, 6.45) is 0. The summed E-state index contributed by atoms with van der Waals surface area (Å²) in [6.45, 7) is 0.193. The number of rotatable bonds is 4. The van der Waals surface area contributed by atoms with Gasteiger partial charge in [0.15, 0.2) is 0 Å². The average Bonchev–Trinajstić information content (AvgIpc) is 2.88. The molecule has 0 spiro atoms. The number of thiophene rings is 1. The maximum atomic E-state index is 12.0. The van der Waals surface area contributed by atoms with Gasteiger partial charge in [-0.2, -0.15) is 0 Å². The van der Waals surface area contributed by atoms with Gasteiger partial charge in [-0.05, 0) is 40.2 Å². The molecule has 0 aliphatic heterocycles. The number of halogens is 3. The largest absolute Gasteiger partial charge is 0.347 e. The van der Waals surface area contributed by atoms with Crippen LogP contribution < -0.4 is 5.32 Å². The van der Waals surface area contributed by atoms with Crippen LogP contribution in [0.3, 0.4) is 0 Å². The Morgan fingerprint density at radius 3 is 2.62 bits per heavy atom. The Labute approximate surface area is 143 Å². The molecule has 1 heterocycles. The molecule has 0 radical (unpaired) electrons. The van der Waals surface area contributed by atoms with Gasteiger partial charge in [0.1, 0.15) is 4.21 Å². The van der Waals surface area contributed by atoms with Crippen molar-refractivity contribution in [2.45, 2.75) is 10.8 Å². The van der Waals surface area contributed by atoms with Crippen molar-refractivity contribution in [3.63, 3.8) is 0 Å². The number of carbonyl (C=O) groups excluding carboxylic acids is 1. The molecule has 2 rings (SSSR count). The molecule has 0 fully saturated rings. The van der Waals surface area contributed by atoms with Gasteiger partial charge < -0.3 is 5.32 Å². The first-order valence-corrected chi connectivity index (χ1v) is 9.84. The number of nitrogens with one attached hydrogen (secondary N) is 1. The van der Waals surface area contributed by atoms with E-state index in [0.29, 0.717) is 19.9 Å². The predicted molar refractivity (Wildman–Crippen MR) is 87.7 cm³/mol. The van der Waals surface area contributed by atoms with Gasteiger partial charge in [-0.15, -0.1) is 11.3 Å². The van der Waals surface area contributed by atoms with Crippen LogP contribution in [0.2, 0.25) is 5.02 Å². The Morgan fingerprint density at radius 1 is 1.29 bits per heavy atom. The van der Waals surface area contributed by atoms with Crippen molar-refractivity contribution in [2.24, 2.45) is 0 Å². The lowest BCUT2D eigenvalue weighted by Crippen LogP contribution is -2.22. The van der Waals surface area contributed by atoms with Crippen LogP contribution in [0, 0.1) is 0 Å². The number of amides is 1. The number of carbonyl (C=O) groups is 1. The molecule has 0 bridgehead atoms. The van der Waals surface area contributed by atoms with Gasteiger partial charge in [-0.3, -0.25) is 4.79 Å². The minimum absolute atomic E-state index is 0.0499. The lowest BCUT2D eigenvalue weighted by atomic mass is 10.2. The van der Waals surface area contributed by atoms with Gasteiger partial charge in [0.2, 0.25) is 0 Å². The standard InChI is InChI=1S/C12H8BrCl2NO3S2/c13-9-3-1-2-8(11(9)14)12(17)16-6-7-4-5-10(20-7)21(15,18)19/h1-5H,6H2,(H,16,17). The van der Waals surface area contributed by atoms with E-state index < -0.39 is 9.05 Å². The molecule has 0 aliphatic carbocycles. The number of hydrogen-bond donors (Lipinski definition) is 1. The van der Waals surface area contributed by atoms with Crippen LogP contribution in [0.15, 0.2) is 39.0 Å². The topological polar surface area (TPSA) is 63.2 Å². The third kappa shape index (κ3) is 4.20. The summed E-state index contributed by atoms with van der Waals surface area (Å²) in [5.41, 5.74) is 0.341. The SMILES string of the molecule is O=C(NCc1ccc(S(=O)(=O)Cl)s1)c1cccc(Br)c1Cl. The quantitative estimate of drug-likeness (QED) is 0.748. The summed E-state index contributed by atoms with van der Waals surface area (Å²) < 4.78 is 23.0. The van der Waals surface area contributed by atoms with Gasteiger partial charge in [-0.25, -0.2) is 8.42 Å². The van der Waals surface area contributed by atoms with Crippen molar-refractivity contribution in [2.75, 3.05) is 0 Å². The Kier molecular flexibility index (Phi) is 5.32. The number of hydrogen-bond acceptors (Lipinski definition) is 4. The molecule has 1 N–H and O–H groups in total. The highest BCUT2D eigenvalue weighted by Gasteiger charge is 2.15. The lowest BCUT2D eigenvalue weighted by molar-refractivity contribution is 0.0951. The fraction of sp³-hybridized carbons (Fsp3) is 0.0833. The highest BCUT2D eigenvalue weighted by Crippen LogP contribution is 2.27. The maximum Gasteiger partial charge on any atom is 0.270 e. The average molecular weight is 429 g/mol. The first-order valence-electron chi connectivity index (χ1n) is 5.54. The molecule has 0 saturated heterocycles. The van der Waals surface area contributed by atoms with E-state index in [4.69, 9.17) is 22.3 Å². The van der Waals surface area contributed by atoms with Crippen molar-refractivity contribution in [1.82, 2.24) is 5.32 Å². The van der Waals surface area contributed by atoms with Gasteiger partial charge >= 0.3 is 0 Å². The highest BCUT2D eigenvalue weighted by molar-refractivity contribution is 9.10. The molecule has 0 saturated carbocycles. The van der Waals surface area contributed by atoms with Crippen molar-refractivity contribution in [3.8, 4) is 0 Å². The summed E-state index contributed by atoms with van der Waals surface area (Å²) in [5.74, 6) is -0.343. The van der Waals surface area contributed by atoms with Gasteiger partial charge in [-0.1, -0.05) is 17.7 Å². The predicted octanol–water partition coefficient (Wildman–Crippen LogP) is 4.02. The van der Waals surface area contributed by atoms with Crippen LogP contribution in [0.5, 0.6) is 0 Å². The molecule has 9 heteroatoms. The maximum absolute atomic E-state index is 12.0.